The highest BCUT2D eigenvalue weighted by molar-refractivity contribution is 5.95. The summed E-state index contributed by atoms with van der Waals surface area (Å²) in [5.41, 5.74) is 0.854. The first-order chi connectivity index (χ1) is 12.3. The summed E-state index contributed by atoms with van der Waals surface area (Å²) in [6.07, 6.45) is 2.43. The van der Waals surface area contributed by atoms with Crippen LogP contribution < -0.4 is 5.32 Å². The average molecular weight is 364 g/mol. The van der Waals surface area contributed by atoms with Crippen LogP contribution in [0.25, 0.3) is 0 Å². The van der Waals surface area contributed by atoms with Crippen LogP contribution in [0.2, 0.25) is 0 Å². The number of rotatable bonds is 4. The van der Waals surface area contributed by atoms with Crippen molar-refractivity contribution in [2.75, 3.05) is 13.6 Å². The maximum Gasteiger partial charge on any atom is 0.273 e. The quantitative estimate of drug-likeness (QED) is 0.870. The third kappa shape index (κ3) is 3.53. The molecule has 10 heteroatoms. The predicted molar refractivity (Wildman–Crippen MR) is 86.8 cm³/mol. The molecule has 0 saturated carbocycles. The Kier molecular flexibility index (Phi) is 4.66. The highest BCUT2D eigenvalue weighted by Crippen LogP contribution is 2.34. The number of nitrogens with one attached hydrogen (secondary N) is 1. The van der Waals surface area contributed by atoms with Crippen LogP contribution in [0.3, 0.4) is 0 Å². The Balaban J connectivity index is 1.82. The molecular formula is C16H18F2N6O2. The van der Waals surface area contributed by atoms with Gasteiger partial charge in [-0.25, -0.2) is 13.5 Å². The zero-order valence-electron chi connectivity index (χ0n) is 14.3. The zero-order chi connectivity index (χ0) is 18.9. The summed E-state index contributed by atoms with van der Waals surface area (Å²) in [6, 6.07) is 2.39. The summed E-state index contributed by atoms with van der Waals surface area (Å²) in [5.74, 6) is -3.91. The smallest absolute Gasteiger partial charge is 0.273 e. The first-order valence-electron chi connectivity index (χ1n) is 8.03. The number of halogens is 2. The highest BCUT2D eigenvalue weighted by Gasteiger charge is 2.47. The molecule has 138 valence electrons. The average Bonchev–Trinajstić information content (AvgIpc) is 3.18. The van der Waals surface area contributed by atoms with Crippen LogP contribution in [0.15, 0.2) is 24.5 Å². The fraction of sp³-hybridized carbons (Fsp3) is 0.438. The van der Waals surface area contributed by atoms with E-state index in [1.54, 1.807) is 19.1 Å². The van der Waals surface area contributed by atoms with E-state index in [0.29, 0.717) is 11.3 Å². The Labute approximate surface area is 148 Å². The molecule has 1 saturated heterocycles. The van der Waals surface area contributed by atoms with Crippen LogP contribution in [-0.4, -0.2) is 62.2 Å². The van der Waals surface area contributed by atoms with Crippen molar-refractivity contribution in [3.63, 3.8) is 0 Å². The van der Waals surface area contributed by atoms with Crippen LogP contribution in [0.4, 0.5) is 8.78 Å². The van der Waals surface area contributed by atoms with E-state index in [9.17, 15) is 18.4 Å². The van der Waals surface area contributed by atoms with Gasteiger partial charge in [-0.2, -0.15) is 0 Å². The van der Waals surface area contributed by atoms with E-state index in [-0.39, 0.29) is 12.2 Å². The number of aryl methyl sites for hydroxylation is 1. The van der Waals surface area contributed by atoms with Gasteiger partial charge in [0.25, 0.3) is 17.7 Å². The number of alkyl halides is 2. The number of aromatic nitrogens is 4. The molecule has 1 aliphatic rings. The van der Waals surface area contributed by atoms with E-state index in [0.717, 1.165) is 4.90 Å². The van der Waals surface area contributed by atoms with Gasteiger partial charge in [0.05, 0.1) is 30.9 Å². The fourth-order valence-corrected chi connectivity index (χ4v) is 3.00. The Hall–Kier alpha value is -2.91. The third-order valence-corrected chi connectivity index (χ3v) is 4.27. The van der Waals surface area contributed by atoms with Crippen molar-refractivity contribution in [1.29, 1.82) is 0 Å². The first-order valence-corrected chi connectivity index (χ1v) is 8.03. The van der Waals surface area contributed by atoms with Gasteiger partial charge in [0.15, 0.2) is 5.69 Å². The SMILES string of the molecule is CNC(=O)c1cn(C[C@@H]2CC(F)(F)CN2C(=O)c2cccnc2C)nn1. The van der Waals surface area contributed by atoms with Crippen LogP contribution in [0.1, 0.15) is 33.0 Å². The van der Waals surface area contributed by atoms with Gasteiger partial charge in [-0.3, -0.25) is 14.6 Å². The summed E-state index contributed by atoms with van der Waals surface area (Å²) in [6.45, 7) is 1.01. The number of hydrogen-bond acceptors (Lipinski definition) is 5. The van der Waals surface area contributed by atoms with Crippen LogP contribution in [-0.2, 0) is 6.54 Å². The van der Waals surface area contributed by atoms with E-state index in [1.807, 2.05) is 0 Å². The number of pyridine rings is 1. The molecule has 0 bridgehead atoms. The maximum absolute atomic E-state index is 14.0. The molecule has 0 aromatic carbocycles. The molecule has 0 spiro atoms. The second-order valence-corrected chi connectivity index (χ2v) is 6.19. The lowest BCUT2D eigenvalue weighted by molar-refractivity contribution is 0.0117. The van der Waals surface area contributed by atoms with Gasteiger partial charge >= 0.3 is 0 Å². The Morgan fingerprint density at radius 2 is 2.19 bits per heavy atom. The number of hydrogen-bond donors (Lipinski definition) is 1. The minimum atomic E-state index is -2.99. The lowest BCUT2D eigenvalue weighted by atomic mass is 10.1. The topological polar surface area (TPSA) is 93.0 Å². The standard InChI is InChI=1S/C16H18F2N6O2/c1-10-12(4-3-5-20-10)15(26)24-9-16(17,18)6-11(24)7-23-8-13(21-22-23)14(25)19-2/h3-5,8,11H,6-7,9H2,1-2H3,(H,19,25)/t11-/m0/s1. The largest absolute Gasteiger partial charge is 0.354 e. The van der Waals surface area contributed by atoms with Gasteiger partial charge in [0.1, 0.15) is 0 Å². The van der Waals surface area contributed by atoms with E-state index < -0.39 is 36.7 Å². The van der Waals surface area contributed by atoms with Gasteiger partial charge in [0.2, 0.25) is 0 Å². The molecule has 1 aliphatic heterocycles. The lowest BCUT2D eigenvalue weighted by Crippen LogP contribution is -2.39. The van der Waals surface area contributed by atoms with E-state index in [1.165, 1.54) is 24.1 Å². The number of amides is 2. The highest BCUT2D eigenvalue weighted by atomic mass is 19.3. The van der Waals surface area contributed by atoms with E-state index in [4.69, 9.17) is 0 Å². The molecule has 2 amide bonds. The van der Waals surface area contributed by atoms with Gasteiger partial charge in [0, 0.05) is 25.4 Å². The minimum absolute atomic E-state index is 0.0185. The Bertz CT molecular complexity index is 838. The summed E-state index contributed by atoms with van der Waals surface area (Å²) in [4.78, 5) is 29.5. The summed E-state index contributed by atoms with van der Waals surface area (Å²) < 4.78 is 29.3. The molecule has 0 radical (unpaired) electrons. The molecule has 26 heavy (non-hydrogen) atoms. The van der Waals surface area contributed by atoms with Crippen molar-refractivity contribution < 1.29 is 18.4 Å². The molecule has 0 unspecified atom stereocenters. The molecule has 0 aliphatic carbocycles. The maximum atomic E-state index is 14.0. The van der Waals surface area contributed by atoms with Gasteiger partial charge in [-0.05, 0) is 19.1 Å². The Morgan fingerprint density at radius 3 is 2.88 bits per heavy atom. The lowest BCUT2D eigenvalue weighted by Gasteiger charge is -2.24. The zero-order valence-corrected chi connectivity index (χ0v) is 14.3. The van der Waals surface area contributed by atoms with Crippen LogP contribution >= 0.6 is 0 Å². The number of carbonyl (C=O) groups is 2. The van der Waals surface area contributed by atoms with Gasteiger partial charge in [-0.15, -0.1) is 5.10 Å². The molecule has 3 heterocycles. The first kappa shape index (κ1) is 17.9. The van der Waals surface area contributed by atoms with Crippen molar-refractivity contribution in [3.8, 4) is 0 Å². The molecule has 3 rings (SSSR count). The number of carbonyl (C=O) groups excluding carboxylic acids is 2. The molecule has 1 fully saturated rings. The van der Waals surface area contributed by atoms with Gasteiger partial charge < -0.3 is 10.2 Å². The third-order valence-electron chi connectivity index (χ3n) is 4.27. The molecule has 2 aromatic heterocycles. The van der Waals surface area contributed by atoms with Crippen molar-refractivity contribution in [1.82, 2.24) is 30.2 Å². The Morgan fingerprint density at radius 1 is 1.42 bits per heavy atom. The van der Waals surface area contributed by atoms with Crippen LogP contribution in [0.5, 0.6) is 0 Å². The summed E-state index contributed by atoms with van der Waals surface area (Å²) in [5, 5.41) is 9.91. The molecule has 1 N–H and O–H groups in total. The summed E-state index contributed by atoms with van der Waals surface area (Å²) in [7, 11) is 1.45. The van der Waals surface area contributed by atoms with Gasteiger partial charge in [-0.1, -0.05) is 5.21 Å². The van der Waals surface area contributed by atoms with Crippen molar-refractivity contribution in [2.24, 2.45) is 0 Å². The van der Waals surface area contributed by atoms with E-state index >= 15 is 0 Å². The molecule has 8 nitrogen and oxygen atoms in total. The van der Waals surface area contributed by atoms with Crippen molar-refractivity contribution in [2.45, 2.75) is 31.9 Å². The normalized spacial score (nSPS) is 18.8. The van der Waals surface area contributed by atoms with E-state index in [2.05, 4.69) is 20.6 Å². The fourth-order valence-electron chi connectivity index (χ4n) is 3.00. The second-order valence-electron chi connectivity index (χ2n) is 6.19. The second kappa shape index (κ2) is 6.77. The monoisotopic (exact) mass is 364 g/mol. The molecule has 1 atom stereocenters. The van der Waals surface area contributed by atoms with Crippen molar-refractivity contribution in [3.05, 3.63) is 41.5 Å². The predicted octanol–water partition coefficient (Wildman–Crippen LogP) is 0.891. The van der Waals surface area contributed by atoms with Crippen LogP contribution in [0, 0.1) is 6.92 Å². The minimum Gasteiger partial charge on any atom is -0.354 e. The number of likely N-dealkylation sites (tertiary alicyclic amines) is 1. The molecule has 2 aromatic rings. The van der Waals surface area contributed by atoms with Crippen molar-refractivity contribution >= 4 is 11.8 Å². The molecular weight excluding hydrogens is 346 g/mol. The number of nitrogens with zero attached hydrogens (tertiary/aromatic N) is 5. The summed E-state index contributed by atoms with van der Waals surface area (Å²) >= 11 is 0.